The van der Waals surface area contributed by atoms with Gasteiger partial charge in [-0.1, -0.05) is 18.2 Å². The average molecular weight is 237 g/mol. The van der Waals surface area contributed by atoms with Crippen LogP contribution in [0.25, 0.3) is 0 Å². The van der Waals surface area contributed by atoms with E-state index in [0.717, 1.165) is 10.7 Å². The number of benzene rings is 1. The maximum Gasteiger partial charge on any atom is 0.126 e. The Labute approximate surface area is 97.4 Å². The normalized spacial score (nSPS) is 10.6. The number of nitrogens with zero attached hydrogens (tertiary/aromatic N) is 1. The van der Waals surface area contributed by atoms with Crippen LogP contribution in [0.1, 0.15) is 16.3 Å². The van der Waals surface area contributed by atoms with Gasteiger partial charge in [-0.3, -0.25) is 0 Å². The van der Waals surface area contributed by atoms with Crippen molar-refractivity contribution >= 4 is 11.3 Å². The number of aliphatic hydroxyl groups excluding tert-OH is 1. The topological polar surface area (TPSA) is 33.1 Å². The molecule has 84 valence electrons. The number of aromatic nitrogens is 1. The van der Waals surface area contributed by atoms with E-state index in [9.17, 15) is 4.39 Å². The summed E-state index contributed by atoms with van der Waals surface area (Å²) in [5.41, 5.74) is 1.53. The predicted molar refractivity (Wildman–Crippen MR) is 62.1 cm³/mol. The third kappa shape index (κ3) is 2.65. The van der Waals surface area contributed by atoms with Crippen LogP contribution in [0.3, 0.4) is 0 Å². The van der Waals surface area contributed by atoms with Crippen molar-refractivity contribution in [2.75, 3.05) is 6.61 Å². The summed E-state index contributed by atoms with van der Waals surface area (Å²) in [4.78, 5) is 4.33. The minimum absolute atomic E-state index is 0.100. The molecule has 1 heterocycles. The Bertz CT molecular complexity index is 470. The zero-order valence-corrected chi connectivity index (χ0v) is 9.51. The summed E-state index contributed by atoms with van der Waals surface area (Å²) in [7, 11) is 0. The van der Waals surface area contributed by atoms with Crippen molar-refractivity contribution in [2.24, 2.45) is 0 Å². The summed E-state index contributed by atoms with van der Waals surface area (Å²) in [6.45, 7) is 0.100. The second-order valence-corrected chi connectivity index (χ2v) is 4.42. The van der Waals surface area contributed by atoms with Gasteiger partial charge in [-0.2, -0.15) is 0 Å². The number of halogens is 1. The first-order chi connectivity index (χ1) is 7.79. The molecular weight excluding hydrogens is 225 g/mol. The largest absolute Gasteiger partial charge is 0.396 e. The molecule has 1 aromatic heterocycles. The van der Waals surface area contributed by atoms with E-state index in [2.05, 4.69) is 4.98 Å². The van der Waals surface area contributed by atoms with Crippen LogP contribution in [0, 0.1) is 5.82 Å². The van der Waals surface area contributed by atoms with Crippen molar-refractivity contribution in [3.05, 3.63) is 51.7 Å². The minimum atomic E-state index is -0.193. The first-order valence-electron chi connectivity index (χ1n) is 5.07. The standard InChI is InChI=1S/C12H12FNOS/c13-11-4-2-1-3-9(11)7-12-14-10(5-6-15)8-16-12/h1-4,8,15H,5-7H2. The molecular formula is C12H12FNOS. The summed E-state index contributed by atoms with van der Waals surface area (Å²) in [5, 5.41) is 11.6. The maximum atomic E-state index is 13.4. The quantitative estimate of drug-likeness (QED) is 0.885. The van der Waals surface area contributed by atoms with Gasteiger partial charge < -0.3 is 5.11 Å². The predicted octanol–water partition coefficient (Wildman–Crippen LogP) is 2.41. The molecule has 2 rings (SSSR count). The molecule has 0 unspecified atom stereocenters. The van der Waals surface area contributed by atoms with Gasteiger partial charge in [0.25, 0.3) is 0 Å². The first-order valence-corrected chi connectivity index (χ1v) is 5.95. The summed E-state index contributed by atoms with van der Waals surface area (Å²) >= 11 is 1.50. The van der Waals surface area contributed by atoms with Crippen LogP contribution in [0.4, 0.5) is 4.39 Å². The molecule has 0 aliphatic carbocycles. The van der Waals surface area contributed by atoms with Crippen molar-refractivity contribution in [3.8, 4) is 0 Å². The number of hydrogen-bond donors (Lipinski definition) is 1. The highest BCUT2D eigenvalue weighted by atomic mass is 32.1. The lowest BCUT2D eigenvalue weighted by atomic mass is 10.1. The van der Waals surface area contributed by atoms with E-state index in [0.29, 0.717) is 18.4 Å². The Hall–Kier alpha value is -1.26. The fourth-order valence-electron chi connectivity index (χ4n) is 1.46. The number of hydrogen-bond acceptors (Lipinski definition) is 3. The molecule has 0 saturated heterocycles. The molecule has 0 saturated carbocycles. The maximum absolute atomic E-state index is 13.4. The molecule has 0 fully saturated rings. The van der Waals surface area contributed by atoms with Crippen LogP contribution in [0.2, 0.25) is 0 Å². The second-order valence-electron chi connectivity index (χ2n) is 3.47. The van der Waals surface area contributed by atoms with Crippen molar-refractivity contribution in [1.82, 2.24) is 4.98 Å². The molecule has 0 bridgehead atoms. The molecule has 2 aromatic rings. The Morgan fingerprint density at radius 2 is 2.12 bits per heavy atom. The number of aliphatic hydroxyl groups is 1. The van der Waals surface area contributed by atoms with Crippen LogP contribution < -0.4 is 0 Å². The Kier molecular flexibility index (Phi) is 3.64. The molecule has 0 spiro atoms. The minimum Gasteiger partial charge on any atom is -0.396 e. The lowest BCUT2D eigenvalue weighted by Crippen LogP contribution is -1.94. The third-order valence-electron chi connectivity index (χ3n) is 2.27. The zero-order valence-electron chi connectivity index (χ0n) is 8.69. The summed E-state index contributed by atoms with van der Waals surface area (Å²) in [6, 6.07) is 6.72. The van der Waals surface area contributed by atoms with Crippen LogP contribution in [-0.2, 0) is 12.8 Å². The van der Waals surface area contributed by atoms with Crippen molar-refractivity contribution < 1.29 is 9.50 Å². The van der Waals surface area contributed by atoms with Gasteiger partial charge in [0.2, 0.25) is 0 Å². The van der Waals surface area contributed by atoms with Gasteiger partial charge in [0.05, 0.1) is 10.7 Å². The fourth-order valence-corrected chi connectivity index (χ4v) is 2.32. The molecule has 0 atom stereocenters. The van der Waals surface area contributed by atoms with Crippen LogP contribution in [0.5, 0.6) is 0 Å². The molecule has 0 amide bonds. The van der Waals surface area contributed by atoms with Gasteiger partial charge in [0.15, 0.2) is 0 Å². The van der Waals surface area contributed by atoms with Crippen LogP contribution >= 0.6 is 11.3 Å². The Balaban J connectivity index is 2.11. The molecule has 16 heavy (non-hydrogen) atoms. The van der Waals surface area contributed by atoms with Crippen molar-refractivity contribution in [3.63, 3.8) is 0 Å². The van der Waals surface area contributed by atoms with Crippen molar-refractivity contribution in [1.29, 1.82) is 0 Å². The van der Waals surface area contributed by atoms with Gasteiger partial charge in [-0.25, -0.2) is 9.37 Å². The van der Waals surface area contributed by atoms with E-state index in [-0.39, 0.29) is 12.4 Å². The SMILES string of the molecule is OCCc1csc(Cc2ccccc2F)n1. The zero-order chi connectivity index (χ0) is 11.4. The van der Waals surface area contributed by atoms with Crippen molar-refractivity contribution in [2.45, 2.75) is 12.8 Å². The van der Waals surface area contributed by atoms with E-state index >= 15 is 0 Å². The second kappa shape index (κ2) is 5.18. The van der Waals surface area contributed by atoms with Crippen LogP contribution in [-0.4, -0.2) is 16.7 Å². The summed E-state index contributed by atoms with van der Waals surface area (Å²) in [5.74, 6) is -0.193. The summed E-state index contributed by atoms with van der Waals surface area (Å²) in [6.07, 6.45) is 1.08. The monoisotopic (exact) mass is 237 g/mol. The van der Waals surface area contributed by atoms with E-state index in [1.54, 1.807) is 12.1 Å². The molecule has 0 radical (unpaired) electrons. The number of rotatable bonds is 4. The lowest BCUT2D eigenvalue weighted by Gasteiger charge is -1.99. The molecule has 0 aliphatic rings. The highest BCUT2D eigenvalue weighted by Crippen LogP contribution is 2.17. The highest BCUT2D eigenvalue weighted by molar-refractivity contribution is 7.09. The molecule has 0 aliphatic heterocycles. The molecule has 1 aromatic carbocycles. The van der Waals surface area contributed by atoms with Gasteiger partial charge in [0, 0.05) is 24.8 Å². The third-order valence-corrected chi connectivity index (χ3v) is 3.16. The van der Waals surface area contributed by atoms with E-state index in [1.165, 1.54) is 17.4 Å². The Morgan fingerprint density at radius 1 is 1.31 bits per heavy atom. The molecule has 1 N–H and O–H groups in total. The first kappa shape index (κ1) is 11.2. The van der Waals surface area contributed by atoms with Gasteiger partial charge in [-0.15, -0.1) is 11.3 Å². The van der Waals surface area contributed by atoms with Gasteiger partial charge in [0.1, 0.15) is 5.82 Å². The lowest BCUT2D eigenvalue weighted by molar-refractivity contribution is 0.298. The van der Waals surface area contributed by atoms with Crippen LogP contribution in [0.15, 0.2) is 29.6 Å². The molecule has 4 heteroatoms. The summed E-state index contributed by atoms with van der Waals surface area (Å²) < 4.78 is 13.4. The Morgan fingerprint density at radius 3 is 2.88 bits per heavy atom. The average Bonchev–Trinajstić information content (AvgIpc) is 2.70. The number of thiazole rings is 1. The molecule has 2 nitrogen and oxygen atoms in total. The fraction of sp³-hybridized carbons (Fsp3) is 0.250. The van der Waals surface area contributed by atoms with E-state index in [4.69, 9.17) is 5.11 Å². The highest BCUT2D eigenvalue weighted by Gasteiger charge is 2.06. The van der Waals surface area contributed by atoms with Gasteiger partial charge in [-0.05, 0) is 11.6 Å². The van der Waals surface area contributed by atoms with E-state index in [1.807, 2.05) is 11.4 Å². The van der Waals surface area contributed by atoms with E-state index < -0.39 is 0 Å². The smallest absolute Gasteiger partial charge is 0.126 e. The van der Waals surface area contributed by atoms with Gasteiger partial charge >= 0.3 is 0 Å².